The van der Waals surface area contributed by atoms with Crippen molar-refractivity contribution in [2.24, 2.45) is 0 Å². The predicted molar refractivity (Wildman–Crippen MR) is 83.2 cm³/mol. The van der Waals surface area contributed by atoms with E-state index < -0.39 is 101 Å². The van der Waals surface area contributed by atoms with Crippen molar-refractivity contribution in [3.8, 4) is 0 Å². The van der Waals surface area contributed by atoms with Gasteiger partial charge in [-0.1, -0.05) is 3.89 Å². The smallest absolute Gasteiger partial charge is 0.217 e. The molecule has 0 bridgehead atoms. The lowest BCUT2D eigenvalue weighted by Crippen LogP contribution is -2.69. The molecule has 0 spiro atoms. The number of halogens is 20. The van der Waals surface area contributed by atoms with Crippen molar-refractivity contribution in [3.63, 3.8) is 0 Å². The Kier molecular flexibility index (Phi) is 8.14. The van der Waals surface area contributed by atoms with E-state index in [0.29, 0.717) is 0 Å². The Hall–Kier alpha value is -2.28. The normalized spacial score (nSPS) is 15.9. The van der Waals surface area contributed by atoms with E-state index in [9.17, 15) is 104 Å². The number of sulfone groups is 1. The minimum absolute atomic E-state index is 1.78. The average molecular weight is 678 g/mol. The summed E-state index contributed by atoms with van der Waals surface area (Å²) in [7, 11) is -16.0. The van der Waals surface area contributed by atoms with Crippen LogP contribution in [0.3, 0.4) is 0 Å². The van der Waals surface area contributed by atoms with Gasteiger partial charge in [-0.2, -0.15) is 83.1 Å². The maximum atomic E-state index is 14.0. The summed E-state index contributed by atoms with van der Waals surface area (Å²) in [5, 5.41) is -14.9. The zero-order valence-corrected chi connectivity index (χ0v) is 18.8. The first-order valence-electron chi connectivity index (χ1n) is 8.43. The van der Waals surface area contributed by atoms with Crippen LogP contribution in [0.1, 0.15) is 5.56 Å². The molecule has 1 aromatic carbocycles. The minimum atomic E-state index is -8.52. The molecule has 0 atom stereocenters. The van der Waals surface area contributed by atoms with Crippen LogP contribution in [-0.4, -0.2) is 57.2 Å². The lowest BCUT2D eigenvalue weighted by atomic mass is 9.90. The Morgan fingerprint density at radius 3 is 1.12 bits per heavy atom. The third-order valence-electron chi connectivity index (χ3n) is 4.55. The van der Waals surface area contributed by atoms with Crippen molar-refractivity contribution in [3.05, 3.63) is 29.3 Å². The van der Waals surface area contributed by atoms with E-state index in [2.05, 4.69) is 0 Å². The molecular formula is C14H2F20O4S2. The molecule has 4 nitrogen and oxygen atoms in total. The SMILES string of the molecule is O=S(=O)(F)C(F)(F)C(F)(F)S(=O)(=O)c1c(F)cc(C(F)(F)C(F)(F)C(F)(F)C(F)(F)C(F)(F)C(F)(F)F)cc1F. The quantitative estimate of drug-likeness (QED) is 0.224. The molecule has 0 unspecified atom stereocenters. The van der Waals surface area contributed by atoms with E-state index in [4.69, 9.17) is 0 Å². The van der Waals surface area contributed by atoms with Gasteiger partial charge < -0.3 is 0 Å². The standard InChI is InChI=1S/C14H2F20O4S2/c15-4-1-3(2-5(16)6(4)39(35,36)13(30,31)14(32,33)40(34,37)38)7(17,18)8(19,20)9(21,22)10(23,24)11(25,26)12(27,28)29/h1-2H. The van der Waals surface area contributed by atoms with Gasteiger partial charge in [0.1, 0.15) is 16.5 Å². The van der Waals surface area contributed by atoms with Gasteiger partial charge in [0.2, 0.25) is 0 Å². The van der Waals surface area contributed by atoms with Crippen LogP contribution in [0.2, 0.25) is 0 Å². The minimum Gasteiger partial charge on any atom is -0.217 e. The molecule has 0 saturated heterocycles. The van der Waals surface area contributed by atoms with Crippen LogP contribution in [0.25, 0.3) is 0 Å². The highest BCUT2D eigenvalue weighted by Gasteiger charge is 2.91. The van der Waals surface area contributed by atoms with E-state index >= 15 is 0 Å². The molecule has 26 heteroatoms. The average Bonchev–Trinajstić information content (AvgIpc) is 2.70. The lowest BCUT2D eigenvalue weighted by molar-refractivity contribution is -0.441. The highest BCUT2D eigenvalue weighted by Crippen LogP contribution is 2.62. The maximum Gasteiger partial charge on any atom is 0.460 e. The molecule has 40 heavy (non-hydrogen) atoms. The Morgan fingerprint density at radius 2 is 0.825 bits per heavy atom. The van der Waals surface area contributed by atoms with Crippen LogP contribution in [-0.2, 0) is 26.0 Å². The molecule has 1 rings (SSSR count). The van der Waals surface area contributed by atoms with Gasteiger partial charge in [-0.3, -0.25) is 0 Å². The summed E-state index contributed by atoms with van der Waals surface area (Å²) in [5.41, 5.74) is -3.59. The second-order valence-electron chi connectivity index (χ2n) is 7.11. The summed E-state index contributed by atoms with van der Waals surface area (Å²) >= 11 is 0. The third kappa shape index (κ3) is 4.51. The fourth-order valence-corrected chi connectivity index (χ4v) is 4.49. The van der Waals surface area contributed by atoms with Crippen molar-refractivity contribution in [2.75, 3.05) is 0 Å². The van der Waals surface area contributed by atoms with Crippen LogP contribution < -0.4 is 0 Å². The van der Waals surface area contributed by atoms with Crippen molar-refractivity contribution in [2.45, 2.75) is 51.2 Å². The van der Waals surface area contributed by atoms with Gasteiger partial charge in [0.05, 0.1) is 0 Å². The molecule has 0 radical (unpaired) electrons. The molecule has 234 valence electrons. The van der Waals surface area contributed by atoms with Crippen molar-refractivity contribution in [1.82, 2.24) is 0 Å². The fraction of sp³-hybridized carbons (Fsp3) is 0.571. The van der Waals surface area contributed by atoms with Crippen LogP contribution in [0.5, 0.6) is 0 Å². The molecule has 0 aliphatic rings. The molecule has 0 aromatic heterocycles. The van der Waals surface area contributed by atoms with E-state index in [1.807, 2.05) is 0 Å². The van der Waals surface area contributed by atoms with Gasteiger partial charge >= 0.3 is 56.5 Å². The molecule has 0 heterocycles. The van der Waals surface area contributed by atoms with Crippen LogP contribution in [0.4, 0.5) is 87.3 Å². The molecule has 0 N–H and O–H groups in total. The topological polar surface area (TPSA) is 68.3 Å². The van der Waals surface area contributed by atoms with E-state index in [0.717, 1.165) is 0 Å². The number of benzene rings is 1. The Balaban J connectivity index is 3.93. The second-order valence-corrected chi connectivity index (χ2v) is 10.4. The number of alkyl halides is 17. The third-order valence-corrected chi connectivity index (χ3v) is 7.40. The molecule has 0 aliphatic carbocycles. The molecule has 1 aromatic rings. The monoisotopic (exact) mass is 678 g/mol. The highest BCUT2D eigenvalue weighted by atomic mass is 32.3. The van der Waals surface area contributed by atoms with Crippen molar-refractivity contribution >= 4 is 20.1 Å². The van der Waals surface area contributed by atoms with E-state index in [1.165, 1.54) is 0 Å². The van der Waals surface area contributed by atoms with Gasteiger partial charge in [-0.25, -0.2) is 17.2 Å². The van der Waals surface area contributed by atoms with E-state index in [1.54, 1.807) is 0 Å². The number of hydrogen-bond acceptors (Lipinski definition) is 4. The lowest BCUT2D eigenvalue weighted by Gasteiger charge is -2.39. The predicted octanol–water partition coefficient (Wildman–Crippen LogP) is 6.42. The summed E-state index contributed by atoms with van der Waals surface area (Å²) in [6.07, 6.45) is -7.83. The first-order valence-corrected chi connectivity index (χ1v) is 11.3. The second kappa shape index (κ2) is 9.11. The molecule has 0 saturated carbocycles. The van der Waals surface area contributed by atoms with Crippen LogP contribution >= 0.6 is 0 Å². The van der Waals surface area contributed by atoms with Crippen molar-refractivity contribution < 1.29 is 104 Å². The maximum absolute atomic E-state index is 14.0. The van der Waals surface area contributed by atoms with Crippen LogP contribution in [0.15, 0.2) is 17.0 Å². The Labute approximate surface area is 205 Å². The van der Waals surface area contributed by atoms with Gasteiger partial charge in [0.25, 0.3) is 9.84 Å². The van der Waals surface area contributed by atoms with Gasteiger partial charge in [0.15, 0.2) is 0 Å². The van der Waals surface area contributed by atoms with Gasteiger partial charge in [-0.05, 0) is 12.1 Å². The summed E-state index contributed by atoms with van der Waals surface area (Å²) in [6.45, 7) is 0. The summed E-state index contributed by atoms with van der Waals surface area (Å²) in [4.78, 5) is -3.68. The molecule has 0 aliphatic heterocycles. The molecule has 0 fully saturated rings. The van der Waals surface area contributed by atoms with Crippen molar-refractivity contribution in [1.29, 1.82) is 0 Å². The molecule has 0 amide bonds. The zero-order chi connectivity index (χ0) is 32.7. The van der Waals surface area contributed by atoms with Gasteiger partial charge in [-0.15, -0.1) is 0 Å². The molecular weight excluding hydrogens is 676 g/mol. The Bertz CT molecular complexity index is 1350. The first-order chi connectivity index (χ1) is 17.0. The largest absolute Gasteiger partial charge is 0.460 e. The summed E-state index contributed by atoms with van der Waals surface area (Å²) in [5.74, 6) is -48.4. The number of hydrogen-bond donors (Lipinski definition) is 0. The zero-order valence-electron chi connectivity index (χ0n) is 17.2. The number of rotatable bonds is 9. The highest BCUT2D eigenvalue weighted by molar-refractivity contribution is 7.94. The van der Waals surface area contributed by atoms with Crippen LogP contribution in [0, 0.1) is 11.6 Å². The first kappa shape index (κ1) is 35.7. The summed E-state index contributed by atoms with van der Waals surface area (Å²) < 4.78 is 308. The van der Waals surface area contributed by atoms with E-state index in [-0.39, 0.29) is 0 Å². The van der Waals surface area contributed by atoms with Gasteiger partial charge in [0, 0.05) is 5.56 Å². The summed E-state index contributed by atoms with van der Waals surface area (Å²) in [6, 6.07) is -3.56. The Morgan fingerprint density at radius 1 is 0.500 bits per heavy atom. The fourth-order valence-electron chi connectivity index (χ4n) is 2.38.